The maximum atomic E-state index is 13.7. The number of hydrogen-bond acceptors (Lipinski definition) is 7. The minimum atomic E-state index is -1.63. The van der Waals surface area contributed by atoms with Gasteiger partial charge < -0.3 is 9.64 Å². The largest absolute Gasteiger partial charge is 0.372 e. The van der Waals surface area contributed by atoms with Gasteiger partial charge in [-0.3, -0.25) is 29.9 Å². The zero-order chi connectivity index (χ0) is 22.0. The summed E-state index contributed by atoms with van der Waals surface area (Å²) in [7, 11) is 0. The van der Waals surface area contributed by atoms with Crippen LogP contribution in [0, 0.1) is 15.5 Å². The number of nitro benzene ring substituents is 1. The van der Waals surface area contributed by atoms with Crippen molar-refractivity contribution in [1.29, 1.82) is 0 Å². The van der Waals surface area contributed by atoms with Crippen LogP contribution in [0.2, 0.25) is 0 Å². The topological polar surface area (TPSA) is 122 Å². The molecule has 2 fully saturated rings. The lowest BCUT2D eigenvalue weighted by atomic mass is 9.66. The van der Waals surface area contributed by atoms with Gasteiger partial charge >= 0.3 is 6.03 Å². The van der Waals surface area contributed by atoms with Crippen molar-refractivity contribution in [2.24, 2.45) is 5.41 Å². The van der Waals surface area contributed by atoms with Crippen LogP contribution in [-0.2, 0) is 20.7 Å². The van der Waals surface area contributed by atoms with E-state index in [2.05, 4.69) is 5.32 Å². The molecule has 3 aliphatic rings. The lowest BCUT2D eigenvalue weighted by Crippen LogP contribution is -2.76. The summed E-state index contributed by atoms with van der Waals surface area (Å²) in [6.45, 7) is 7.51. The van der Waals surface area contributed by atoms with E-state index in [1.165, 1.54) is 12.1 Å². The molecule has 0 aliphatic carbocycles. The Hall–Kier alpha value is -3.01. The van der Waals surface area contributed by atoms with Crippen molar-refractivity contribution in [2.45, 2.75) is 58.4 Å². The molecule has 1 aromatic rings. The fourth-order valence-electron chi connectivity index (χ4n) is 5.11. The fourth-order valence-corrected chi connectivity index (χ4v) is 5.11. The molecule has 3 heterocycles. The third kappa shape index (κ3) is 2.70. The number of barbiturate groups is 1. The number of anilines is 1. The number of morpholine rings is 1. The lowest BCUT2D eigenvalue weighted by Gasteiger charge is -2.56. The van der Waals surface area contributed by atoms with Crippen LogP contribution in [0.5, 0.6) is 0 Å². The molecule has 160 valence electrons. The minimum absolute atomic E-state index is 0.0472. The summed E-state index contributed by atoms with van der Waals surface area (Å²) in [5.41, 5.74) is -0.466. The Bertz CT molecular complexity index is 963. The number of imide groups is 2. The number of nitrogens with one attached hydrogen (secondary N) is 1. The average Bonchev–Trinajstić information content (AvgIpc) is 2.64. The number of nitro groups is 1. The second-order valence-electron chi connectivity index (χ2n) is 8.50. The predicted molar refractivity (Wildman–Crippen MR) is 106 cm³/mol. The second-order valence-corrected chi connectivity index (χ2v) is 8.50. The van der Waals surface area contributed by atoms with E-state index < -0.39 is 46.4 Å². The Morgan fingerprint density at radius 2 is 1.97 bits per heavy atom. The van der Waals surface area contributed by atoms with Crippen molar-refractivity contribution in [2.75, 3.05) is 11.4 Å². The number of carbonyl (C=O) groups is 3. The fraction of sp³-hybridized carbons (Fsp3) is 0.550. The highest BCUT2D eigenvalue weighted by Crippen LogP contribution is 2.48. The molecule has 0 aromatic heterocycles. The van der Waals surface area contributed by atoms with Gasteiger partial charge in [0, 0.05) is 36.8 Å². The number of fused-ring (bicyclic) bond motifs is 4. The van der Waals surface area contributed by atoms with Crippen molar-refractivity contribution >= 4 is 29.2 Å². The molecule has 1 aromatic carbocycles. The number of nitrogens with zero attached hydrogens (tertiary/aromatic N) is 3. The molecule has 0 saturated carbocycles. The summed E-state index contributed by atoms with van der Waals surface area (Å²) in [4.78, 5) is 53.2. The molecule has 4 rings (SSSR count). The Morgan fingerprint density at radius 1 is 1.27 bits per heavy atom. The van der Waals surface area contributed by atoms with Gasteiger partial charge in [-0.25, -0.2) is 4.79 Å². The highest BCUT2D eigenvalue weighted by atomic mass is 16.6. The van der Waals surface area contributed by atoms with Crippen LogP contribution >= 0.6 is 0 Å². The van der Waals surface area contributed by atoms with E-state index in [9.17, 15) is 24.5 Å². The third-order valence-electron chi connectivity index (χ3n) is 6.20. The Kier molecular flexibility index (Phi) is 4.57. The quantitative estimate of drug-likeness (QED) is 0.441. The van der Waals surface area contributed by atoms with E-state index in [-0.39, 0.29) is 18.2 Å². The standard InChI is InChI=1S/C20H24N4O6/c1-10(2)23-18(26)20(17(25)21-19(23)27)8-13-7-14(24(28)29)5-6-15(13)22-9-11(3)30-12(4)16(20)22/h5-7,10-12,16H,8-9H2,1-4H3,(H,21,25,27)/t11-,12-,16-,20+/m0/s1. The number of carbonyl (C=O) groups excluding carboxylic acids is 3. The lowest BCUT2D eigenvalue weighted by molar-refractivity contribution is -0.384. The van der Waals surface area contributed by atoms with Crippen LogP contribution < -0.4 is 10.2 Å². The number of hydrogen-bond donors (Lipinski definition) is 1. The smallest absolute Gasteiger partial charge is 0.331 e. The number of rotatable bonds is 2. The highest BCUT2D eigenvalue weighted by Gasteiger charge is 2.64. The van der Waals surface area contributed by atoms with Crippen molar-refractivity contribution in [3.05, 3.63) is 33.9 Å². The van der Waals surface area contributed by atoms with Crippen molar-refractivity contribution in [3.8, 4) is 0 Å². The third-order valence-corrected chi connectivity index (χ3v) is 6.20. The van der Waals surface area contributed by atoms with Gasteiger partial charge in [-0.1, -0.05) is 0 Å². The first kappa shape index (κ1) is 20.3. The van der Waals surface area contributed by atoms with Crippen molar-refractivity contribution < 1.29 is 24.0 Å². The van der Waals surface area contributed by atoms with Gasteiger partial charge in [0.15, 0.2) is 5.41 Å². The van der Waals surface area contributed by atoms with Crippen LogP contribution in [0.1, 0.15) is 33.3 Å². The summed E-state index contributed by atoms with van der Waals surface area (Å²) in [6.07, 6.45) is -0.693. The van der Waals surface area contributed by atoms with Crippen LogP contribution in [0.15, 0.2) is 18.2 Å². The predicted octanol–water partition coefficient (Wildman–Crippen LogP) is 1.61. The second kappa shape index (κ2) is 6.76. The van der Waals surface area contributed by atoms with Crippen LogP contribution in [0.3, 0.4) is 0 Å². The Labute approximate surface area is 173 Å². The van der Waals surface area contributed by atoms with Crippen LogP contribution in [0.25, 0.3) is 0 Å². The molecule has 10 heteroatoms. The van der Waals surface area contributed by atoms with E-state index in [0.717, 1.165) is 10.6 Å². The number of benzene rings is 1. The molecular formula is C20H24N4O6. The average molecular weight is 416 g/mol. The molecule has 2 saturated heterocycles. The SMILES string of the molecule is CC(C)N1C(=O)NC(=O)[C@]2(Cc3cc([N+](=O)[O-])ccc3N3C[C@H](C)O[C@@H](C)[C@H]32)C1=O. The Balaban J connectivity index is 1.94. The molecule has 0 radical (unpaired) electrons. The van der Waals surface area contributed by atoms with Gasteiger partial charge in [-0.2, -0.15) is 0 Å². The molecule has 10 nitrogen and oxygen atoms in total. The van der Waals surface area contributed by atoms with E-state index in [1.807, 2.05) is 18.7 Å². The zero-order valence-corrected chi connectivity index (χ0v) is 17.2. The molecule has 1 N–H and O–H groups in total. The number of ether oxygens (including phenoxy) is 1. The molecule has 0 bridgehead atoms. The molecular weight excluding hydrogens is 392 g/mol. The summed E-state index contributed by atoms with van der Waals surface area (Å²) < 4.78 is 5.99. The molecule has 4 amide bonds. The van der Waals surface area contributed by atoms with Gasteiger partial charge in [0.25, 0.3) is 5.69 Å². The molecule has 1 spiro atoms. The summed E-state index contributed by atoms with van der Waals surface area (Å²) in [5, 5.41) is 13.7. The monoisotopic (exact) mass is 416 g/mol. The normalized spacial score (nSPS) is 31.0. The maximum absolute atomic E-state index is 13.7. The van der Waals surface area contributed by atoms with Crippen molar-refractivity contribution in [1.82, 2.24) is 10.2 Å². The first-order valence-corrected chi connectivity index (χ1v) is 9.96. The molecule has 3 aliphatic heterocycles. The van der Waals surface area contributed by atoms with Gasteiger partial charge in [-0.05, 0) is 39.3 Å². The first-order chi connectivity index (χ1) is 14.1. The van der Waals surface area contributed by atoms with E-state index >= 15 is 0 Å². The van der Waals surface area contributed by atoms with E-state index in [4.69, 9.17) is 4.74 Å². The zero-order valence-electron chi connectivity index (χ0n) is 17.2. The van der Waals surface area contributed by atoms with Gasteiger partial charge in [-0.15, -0.1) is 0 Å². The number of non-ortho nitro benzene ring substituents is 1. The molecule has 4 atom stereocenters. The van der Waals surface area contributed by atoms with E-state index in [0.29, 0.717) is 12.1 Å². The maximum Gasteiger partial charge on any atom is 0.331 e. The number of urea groups is 1. The molecule has 30 heavy (non-hydrogen) atoms. The van der Waals surface area contributed by atoms with Gasteiger partial charge in [0.2, 0.25) is 11.8 Å². The Morgan fingerprint density at radius 3 is 2.60 bits per heavy atom. The van der Waals surface area contributed by atoms with Crippen LogP contribution in [0.4, 0.5) is 16.2 Å². The minimum Gasteiger partial charge on any atom is -0.372 e. The summed E-state index contributed by atoms with van der Waals surface area (Å²) >= 11 is 0. The summed E-state index contributed by atoms with van der Waals surface area (Å²) in [6, 6.07) is 2.64. The van der Waals surface area contributed by atoms with Gasteiger partial charge in [0.1, 0.15) is 0 Å². The van der Waals surface area contributed by atoms with Crippen LogP contribution in [-0.4, -0.2) is 58.5 Å². The van der Waals surface area contributed by atoms with Gasteiger partial charge in [0.05, 0.1) is 23.2 Å². The number of amides is 4. The summed E-state index contributed by atoms with van der Waals surface area (Å²) in [5.74, 6) is -1.28. The highest BCUT2D eigenvalue weighted by molar-refractivity contribution is 6.20. The van der Waals surface area contributed by atoms with Crippen molar-refractivity contribution in [3.63, 3.8) is 0 Å². The van der Waals surface area contributed by atoms with E-state index in [1.54, 1.807) is 19.9 Å². The first-order valence-electron chi connectivity index (χ1n) is 9.96. The molecule has 0 unspecified atom stereocenters.